The van der Waals surface area contributed by atoms with Gasteiger partial charge in [-0.05, 0) is 31.1 Å². The summed E-state index contributed by atoms with van der Waals surface area (Å²) in [6, 6.07) is 0. The summed E-state index contributed by atoms with van der Waals surface area (Å²) in [5.41, 5.74) is 0. The molecule has 0 rings (SSSR count). The van der Waals surface area contributed by atoms with Crippen molar-refractivity contribution in [2.24, 2.45) is 11.8 Å². The number of hydrogen-bond acceptors (Lipinski definition) is 6. The Bertz CT molecular complexity index is 949. The fourth-order valence-electron chi connectivity index (χ4n) is 8.49. The molecule has 0 N–H and O–H groups in total. The van der Waals surface area contributed by atoms with Gasteiger partial charge in [-0.15, -0.1) is 0 Å². The van der Waals surface area contributed by atoms with Crippen molar-refractivity contribution in [3.05, 3.63) is 0 Å². The Hall–Kier alpha value is -1.59. The lowest BCUT2D eigenvalue weighted by molar-refractivity contribution is -0.167. The summed E-state index contributed by atoms with van der Waals surface area (Å²) in [5, 5.41) is 0. The van der Waals surface area contributed by atoms with E-state index in [9.17, 15) is 14.4 Å². The lowest BCUT2D eigenvalue weighted by atomic mass is 9.99. The standard InChI is InChI=1S/C56H108O6/c1-6-8-9-10-11-12-13-14-15-16-17-18-19-20-26-31-36-41-46-54(57)60-49-53(50-61-55(58)47-42-37-32-28-23-24-29-34-39-44-51(3)4)62-56(59)48-43-38-33-27-22-21-25-30-35-40-45-52(5)7-2/h51-53H,6-50H2,1-5H3/t52?,53-/m0/s1. The highest BCUT2D eigenvalue weighted by Gasteiger charge is 2.19. The second-order valence-electron chi connectivity index (χ2n) is 19.9. The zero-order valence-electron chi connectivity index (χ0n) is 42.5. The van der Waals surface area contributed by atoms with Gasteiger partial charge in [-0.1, -0.05) is 272 Å². The maximum absolute atomic E-state index is 12.8. The molecule has 0 bridgehead atoms. The molecule has 0 aliphatic rings. The van der Waals surface area contributed by atoms with Crippen molar-refractivity contribution >= 4 is 17.9 Å². The van der Waals surface area contributed by atoms with E-state index in [2.05, 4.69) is 34.6 Å². The third kappa shape index (κ3) is 47.9. The Morgan fingerprint density at radius 2 is 0.613 bits per heavy atom. The molecule has 368 valence electrons. The molecule has 0 fully saturated rings. The van der Waals surface area contributed by atoms with Crippen molar-refractivity contribution in [3.63, 3.8) is 0 Å². The van der Waals surface area contributed by atoms with E-state index in [0.717, 1.165) is 69.6 Å². The van der Waals surface area contributed by atoms with Crippen LogP contribution in [0.3, 0.4) is 0 Å². The summed E-state index contributed by atoms with van der Waals surface area (Å²) >= 11 is 0. The van der Waals surface area contributed by atoms with Crippen molar-refractivity contribution in [1.29, 1.82) is 0 Å². The molecule has 0 saturated carbocycles. The molecule has 6 heteroatoms. The van der Waals surface area contributed by atoms with Crippen LogP contribution in [-0.4, -0.2) is 37.2 Å². The number of hydrogen-bond donors (Lipinski definition) is 0. The van der Waals surface area contributed by atoms with Gasteiger partial charge < -0.3 is 14.2 Å². The molecule has 0 aliphatic heterocycles. The largest absolute Gasteiger partial charge is 0.462 e. The minimum atomic E-state index is -0.763. The van der Waals surface area contributed by atoms with Gasteiger partial charge in [0.15, 0.2) is 6.10 Å². The summed E-state index contributed by atoms with van der Waals surface area (Å²) in [4.78, 5) is 38.0. The lowest BCUT2D eigenvalue weighted by Gasteiger charge is -2.18. The first kappa shape index (κ1) is 60.4. The molecular formula is C56H108O6. The molecule has 6 nitrogen and oxygen atoms in total. The number of carbonyl (C=O) groups excluding carboxylic acids is 3. The number of carbonyl (C=O) groups is 3. The van der Waals surface area contributed by atoms with Gasteiger partial charge in [-0.25, -0.2) is 0 Å². The second kappa shape index (κ2) is 48.9. The minimum Gasteiger partial charge on any atom is -0.462 e. The lowest BCUT2D eigenvalue weighted by Crippen LogP contribution is -2.30. The molecule has 0 aliphatic carbocycles. The number of esters is 3. The van der Waals surface area contributed by atoms with Gasteiger partial charge in [0.2, 0.25) is 0 Å². The van der Waals surface area contributed by atoms with Crippen LogP contribution >= 0.6 is 0 Å². The van der Waals surface area contributed by atoms with Gasteiger partial charge in [0.25, 0.3) is 0 Å². The molecule has 0 amide bonds. The monoisotopic (exact) mass is 877 g/mol. The van der Waals surface area contributed by atoms with Crippen LogP contribution in [0.15, 0.2) is 0 Å². The van der Waals surface area contributed by atoms with Gasteiger partial charge in [0, 0.05) is 19.3 Å². The second-order valence-corrected chi connectivity index (χ2v) is 19.9. The van der Waals surface area contributed by atoms with E-state index in [1.165, 1.54) is 199 Å². The highest BCUT2D eigenvalue weighted by molar-refractivity contribution is 5.71. The summed E-state index contributed by atoms with van der Waals surface area (Å²) in [6.07, 6.45) is 50.9. The predicted octanol–water partition coefficient (Wildman–Crippen LogP) is 18.1. The first-order valence-corrected chi connectivity index (χ1v) is 27.8. The molecule has 1 unspecified atom stereocenters. The van der Waals surface area contributed by atoms with Gasteiger partial charge in [-0.3, -0.25) is 14.4 Å². The molecule has 0 aromatic rings. The van der Waals surface area contributed by atoms with Crippen molar-refractivity contribution in [2.75, 3.05) is 13.2 Å². The van der Waals surface area contributed by atoms with Crippen molar-refractivity contribution < 1.29 is 28.6 Å². The fraction of sp³-hybridized carbons (Fsp3) is 0.946. The van der Waals surface area contributed by atoms with E-state index in [1.807, 2.05) is 0 Å². The average molecular weight is 877 g/mol. The first-order chi connectivity index (χ1) is 30.3. The Balaban J connectivity index is 4.28. The van der Waals surface area contributed by atoms with Crippen LogP contribution in [0.2, 0.25) is 0 Å². The normalized spacial score (nSPS) is 12.5. The van der Waals surface area contributed by atoms with Crippen LogP contribution in [0.25, 0.3) is 0 Å². The molecular weight excluding hydrogens is 769 g/mol. The smallest absolute Gasteiger partial charge is 0.306 e. The quantitative estimate of drug-likeness (QED) is 0.0344. The van der Waals surface area contributed by atoms with E-state index in [4.69, 9.17) is 14.2 Å². The average Bonchev–Trinajstić information content (AvgIpc) is 3.26. The third-order valence-corrected chi connectivity index (χ3v) is 13.1. The highest BCUT2D eigenvalue weighted by atomic mass is 16.6. The number of rotatable bonds is 50. The van der Waals surface area contributed by atoms with E-state index < -0.39 is 6.10 Å². The first-order valence-electron chi connectivity index (χ1n) is 27.8. The van der Waals surface area contributed by atoms with E-state index in [0.29, 0.717) is 19.3 Å². The fourth-order valence-corrected chi connectivity index (χ4v) is 8.49. The Labute approximate surface area is 387 Å². The number of unbranched alkanes of at least 4 members (excludes halogenated alkanes) is 34. The Kier molecular flexibility index (Phi) is 47.6. The molecule has 0 heterocycles. The number of ether oxygens (including phenoxy) is 3. The van der Waals surface area contributed by atoms with Crippen molar-refractivity contribution in [3.8, 4) is 0 Å². The van der Waals surface area contributed by atoms with Crippen LogP contribution in [-0.2, 0) is 28.6 Å². The van der Waals surface area contributed by atoms with E-state index in [-0.39, 0.29) is 31.1 Å². The topological polar surface area (TPSA) is 78.9 Å². The van der Waals surface area contributed by atoms with Crippen LogP contribution in [0, 0.1) is 11.8 Å². The Morgan fingerprint density at radius 1 is 0.339 bits per heavy atom. The summed E-state index contributed by atoms with van der Waals surface area (Å²) in [6.45, 7) is 11.4. The van der Waals surface area contributed by atoms with Crippen LogP contribution in [0.1, 0.15) is 311 Å². The predicted molar refractivity (Wildman–Crippen MR) is 266 cm³/mol. The molecule has 2 atom stereocenters. The summed E-state index contributed by atoms with van der Waals surface area (Å²) in [5.74, 6) is 0.831. The van der Waals surface area contributed by atoms with Gasteiger partial charge >= 0.3 is 17.9 Å². The van der Waals surface area contributed by atoms with E-state index >= 15 is 0 Å². The van der Waals surface area contributed by atoms with Gasteiger partial charge in [0.1, 0.15) is 13.2 Å². The van der Waals surface area contributed by atoms with Crippen LogP contribution in [0.4, 0.5) is 0 Å². The summed E-state index contributed by atoms with van der Waals surface area (Å²) in [7, 11) is 0. The van der Waals surface area contributed by atoms with Crippen LogP contribution < -0.4 is 0 Å². The molecule has 0 saturated heterocycles. The molecule has 0 aromatic carbocycles. The molecule has 62 heavy (non-hydrogen) atoms. The molecule has 0 aromatic heterocycles. The minimum absolute atomic E-state index is 0.0635. The zero-order chi connectivity index (χ0) is 45.4. The molecule has 0 radical (unpaired) electrons. The third-order valence-electron chi connectivity index (χ3n) is 13.1. The van der Waals surface area contributed by atoms with Gasteiger partial charge in [-0.2, -0.15) is 0 Å². The Morgan fingerprint density at radius 3 is 0.919 bits per heavy atom. The summed E-state index contributed by atoms with van der Waals surface area (Å²) < 4.78 is 16.9. The maximum atomic E-state index is 12.8. The van der Waals surface area contributed by atoms with Gasteiger partial charge in [0.05, 0.1) is 0 Å². The van der Waals surface area contributed by atoms with Crippen molar-refractivity contribution in [1.82, 2.24) is 0 Å². The SMILES string of the molecule is CCCCCCCCCCCCCCCCCCCCC(=O)OC[C@@H](COC(=O)CCCCCCCCCCCC(C)C)OC(=O)CCCCCCCCCCCCC(C)CC. The van der Waals surface area contributed by atoms with Crippen molar-refractivity contribution in [2.45, 2.75) is 317 Å². The molecule has 0 spiro atoms. The maximum Gasteiger partial charge on any atom is 0.306 e. The zero-order valence-corrected chi connectivity index (χ0v) is 42.5. The highest BCUT2D eigenvalue weighted by Crippen LogP contribution is 2.18. The van der Waals surface area contributed by atoms with E-state index in [1.54, 1.807) is 0 Å². The van der Waals surface area contributed by atoms with Crippen LogP contribution in [0.5, 0.6) is 0 Å².